The smallest absolute Gasteiger partial charge is 0.243 e. The van der Waals surface area contributed by atoms with Crippen LogP contribution in [0.5, 0.6) is 0 Å². The molecule has 1 aromatic carbocycles. The van der Waals surface area contributed by atoms with Gasteiger partial charge < -0.3 is 10.6 Å². The number of sulfonamides is 1. The van der Waals surface area contributed by atoms with Crippen LogP contribution in [0.25, 0.3) is 0 Å². The molecule has 1 aliphatic heterocycles. The lowest BCUT2D eigenvalue weighted by molar-refractivity contribution is -0.133. The minimum absolute atomic E-state index is 0.0242. The third kappa shape index (κ3) is 4.47. The highest BCUT2D eigenvalue weighted by molar-refractivity contribution is 7.89. The molecule has 1 aliphatic rings. The van der Waals surface area contributed by atoms with Gasteiger partial charge in [-0.15, -0.1) is 0 Å². The SMILES string of the molecule is CC(N)C1CCCN(C(=O)CN(C)S(=O)(=O)c2ccc(Cl)cc2)C1. The van der Waals surface area contributed by atoms with Gasteiger partial charge in [-0.2, -0.15) is 4.31 Å². The molecule has 1 heterocycles. The standard InChI is InChI=1S/C16H24ClN3O3S/c1-12(18)13-4-3-9-20(10-13)16(21)11-19(2)24(22,23)15-7-5-14(17)6-8-15/h5-8,12-13H,3-4,9-11,18H2,1-2H3. The van der Waals surface area contributed by atoms with E-state index >= 15 is 0 Å². The zero-order chi connectivity index (χ0) is 17.9. The largest absolute Gasteiger partial charge is 0.341 e. The van der Waals surface area contributed by atoms with Crippen LogP contribution in [0.15, 0.2) is 29.2 Å². The summed E-state index contributed by atoms with van der Waals surface area (Å²) in [5.74, 6) is 0.0706. The molecule has 0 aromatic heterocycles. The van der Waals surface area contributed by atoms with Gasteiger partial charge in [0.25, 0.3) is 0 Å². The summed E-state index contributed by atoms with van der Waals surface area (Å²) in [4.78, 5) is 14.3. The maximum Gasteiger partial charge on any atom is 0.243 e. The first-order valence-corrected chi connectivity index (χ1v) is 9.79. The Morgan fingerprint density at radius 3 is 2.62 bits per heavy atom. The van der Waals surface area contributed by atoms with E-state index in [-0.39, 0.29) is 29.3 Å². The van der Waals surface area contributed by atoms with E-state index in [0.717, 1.165) is 17.1 Å². The van der Waals surface area contributed by atoms with Crippen molar-refractivity contribution >= 4 is 27.5 Å². The highest BCUT2D eigenvalue weighted by Gasteiger charge is 2.29. The average molecular weight is 374 g/mol. The molecule has 24 heavy (non-hydrogen) atoms. The van der Waals surface area contributed by atoms with Crippen molar-refractivity contribution in [2.24, 2.45) is 11.7 Å². The molecule has 2 rings (SSSR count). The fraction of sp³-hybridized carbons (Fsp3) is 0.562. The number of benzene rings is 1. The molecule has 1 saturated heterocycles. The van der Waals surface area contributed by atoms with Crippen LogP contribution in [0.3, 0.4) is 0 Å². The van der Waals surface area contributed by atoms with E-state index in [1.165, 1.54) is 31.3 Å². The van der Waals surface area contributed by atoms with E-state index in [1.807, 2.05) is 6.92 Å². The number of hydrogen-bond donors (Lipinski definition) is 1. The number of nitrogens with two attached hydrogens (primary N) is 1. The van der Waals surface area contributed by atoms with Crippen LogP contribution in [-0.4, -0.2) is 56.3 Å². The highest BCUT2D eigenvalue weighted by Crippen LogP contribution is 2.20. The molecule has 0 aliphatic carbocycles. The van der Waals surface area contributed by atoms with Crippen molar-refractivity contribution in [3.8, 4) is 0 Å². The van der Waals surface area contributed by atoms with Crippen LogP contribution < -0.4 is 5.73 Å². The molecule has 0 radical (unpaired) electrons. The van der Waals surface area contributed by atoms with Crippen LogP contribution >= 0.6 is 11.6 Å². The molecule has 1 aromatic rings. The predicted molar refractivity (Wildman–Crippen MR) is 94.2 cm³/mol. The van der Waals surface area contributed by atoms with Gasteiger partial charge in [-0.25, -0.2) is 8.42 Å². The fourth-order valence-corrected chi connectivity index (χ4v) is 4.07. The number of hydrogen-bond acceptors (Lipinski definition) is 4. The number of piperidine rings is 1. The molecule has 0 bridgehead atoms. The van der Waals surface area contributed by atoms with Crippen LogP contribution in [0.2, 0.25) is 5.02 Å². The predicted octanol–water partition coefficient (Wildman–Crippen LogP) is 1.55. The summed E-state index contributed by atoms with van der Waals surface area (Å²) in [5.41, 5.74) is 5.93. The number of likely N-dealkylation sites (tertiary alicyclic amines) is 1. The third-order valence-electron chi connectivity index (χ3n) is 4.43. The number of carbonyl (C=O) groups excluding carboxylic acids is 1. The second-order valence-electron chi connectivity index (χ2n) is 6.32. The van der Waals surface area contributed by atoms with Crippen LogP contribution in [-0.2, 0) is 14.8 Å². The van der Waals surface area contributed by atoms with Crippen LogP contribution in [0.1, 0.15) is 19.8 Å². The van der Waals surface area contributed by atoms with Gasteiger partial charge in [0.15, 0.2) is 0 Å². The molecule has 8 heteroatoms. The average Bonchev–Trinajstić information content (AvgIpc) is 2.55. The summed E-state index contributed by atoms with van der Waals surface area (Å²) < 4.78 is 26.1. The minimum Gasteiger partial charge on any atom is -0.341 e. The van der Waals surface area contributed by atoms with E-state index < -0.39 is 10.0 Å². The van der Waals surface area contributed by atoms with Gasteiger partial charge in [-0.1, -0.05) is 11.6 Å². The molecule has 1 amide bonds. The Kier molecular flexibility index (Phi) is 6.25. The molecule has 2 N–H and O–H groups in total. The van der Waals surface area contributed by atoms with Gasteiger partial charge in [-0.05, 0) is 49.9 Å². The molecule has 1 fully saturated rings. The van der Waals surface area contributed by atoms with Gasteiger partial charge >= 0.3 is 0 Å². The van der Waals surface area contributed by atoms with Crippen molar-refractivity contribution in [1.29, 1.82) is 0 Å². The van der Waals surface area contributed by atoms with Crippen molar-refractivity contribution in [1.82, 2.24) is 9.21 Å². The monoisotopic (exact) mass is 373 g/mol. The molecule has 2 atom stereocenters. The Bertz CT molecular complexity index is 676. The van der Waals surface area contributed by atoms with E-state index in [4.69, 9.17) is 17.3 Å². The van der Waals surface area contributed by atoms with Crippen molar-refractivity contribution in [3.05, 3.63) is 29.3 Å². The lowest BCUT2D eigenvalue weighted by Crippen LogP contribution is -2.48. The fourth-order valence-electron chi connectivity index (χ4n) is 2.83. The number of halogens is 1. The number of nitrogens with zero attached hydrogens (tertiary/aromatic N) is 2. The molecule has 2 unspecified atom stereocenters. The number of likely N-dealkylation sites (N-methyl/N-ethyl adjacent to an activating group) is 1. The summed E-state index contributed by atoms with van der Waals surface area (Å²) >= 11 is 5.79. The van der Waals surface area contributed by atoms with Crippen molar-refractivity contribution in [2.45, 2.75) is 30.7 Å². The molecule has 0 spiro atoms. The number of rotatable bonds is 5. The first-order valence-electron chi connectivity index (χ1n) is 7.97. The summed E-state index contributed by atoms with van der Waals surface area (Å²) in [6.45, 7) is 2.99. The lowest BCUT2D eigenvalue weighted by Gasteiger charge is -2.35. The van der Waals surface area contributed by atoms with Gasteiger partial charge in [0.05, 0.1) is 11.4 Å². The van der Waals surface area contributed by atoms with Crippen molar-refractivity contribution in [2.75, 3.05) is 26.7 Å². The quantitative estimate of drug-likeness (QED) is 0.848. The first kappa shape index (κ1) is 19.2. The van der Waals surface area contributed by atoms with Crippen LogP contribution in [0, 0.1) is 5.92 Å². The van der Waals surface area contributed by atoms with Gasteiger partial charge in [0, 0.05) is 31.2 Å². The van der Waals surface area contributed by atoms with Gasteiger partial charge in [0.1, 0.15) is 0 Å². The second kappa shape index (κ2) is 7.82. The summed E-state index contributed by atoms with van der Waals surface area (Å²) in [6, 6.07) is 5.93. The second-order valence-corrected chi connectivity index (χ2v) is 8.80. The normalized spacial score (nSPS) is 20.2. The summed E-state index contributed by atoms with van der Waals surface area (Å²) in [7, 11) is -2.31. The van der Waals surface area contributed by atoms with E-state index in [1.54, 1.807) is 4.90 Å². The zero-order valence-electron chi connectivity index (χ0n) is 14.0. The molecular formula is C16H24ClN3O3S. The Morgan fingerprint density at radius 2 is 2.04 bits per heavy atom. The summed E-state index contributed by atoms with van der Waals surface area (Å²) in [5, 5.41) is 0.461. The van der Waals surface area contributed by atoms with Crippen molar-refractivity contribution in [3.63, 3.8) is 0 Å². The van der Waals surface area contributed by atoms with E-state index in [9.17, 15) is 13.2 Å². The number of carbonyl (C=O) groups is 1. The first-order chi connectivity index (χ1) is 11.2. The van der Waals surface area contributed by atoms with Crippen LogP contribution in [0.4, 0.5) is 0 Å². The maximum atomic E-state index is 12.5. The maximum absolute atomic E-state index is 12.5. The molecule has 0 saturated carbocycles. The minimum atomic E-state index is -3.72. The third-order valence-corrected chi connectivity index (χ3v) is 6.50. The van der Waals surface area contributed by atoms with Crippen molar-refractivity contribution < 1.29 is 13.2 Å². The molecule has 134 valence electrons. The van der Waals surface area contributed by atoms with Gasteiger partial charge in [0.2, 0.25) is 15.9 Å². The Labute approximate surface area is 148 Å². The molecule has 6 nitrogen and oxygen atoms in total. The lowest BCUT2D eigenvalue weighted by atomic mass is 9.92. The van der Waals surface area contributed by atoms with E-state index in [0.29, 0.717) is 18.1 Å². The Hall–Kier alpha value is -1.15. The van der Waals surface area contributed by atoms with E-state index in [2.05, 4.69) is 0 Å². The zero-order valence-corrected chi connectivity index (χ0v) is 15.6. The van der Waals surface area contributed by atoms with Gasteiger partial charge in [-0.3, -0.25) is 4.79 Å². The number of amides is 1. The highest BCUT2D eigenvalue weighted by atomic mass is 35.5. The Morgan fingerprint density at radius 1 is 1.42 bits per heavy atom. The molecular weight excluding hydrogens is 350 g/mol. The topological polar surface area (TPSA) is 83.7 Å². The Balaban J connectivity index is 2.04. The summed E-state index contributed by atoms with van der Waals surface area (Å²) in [6.07, 6.45) is 1.89.